The van der Waals surface area contributed by atoms with Crippen LogP contribution in [0.3, 0.4) is 0 Å². The summed E-state index contributed by atoms with van der Waals surface area (Å²) in [6.45, 7) is 10.6. The molecule has 0 aliphatic heterocycles. The third-order valence-corrected chi connectivity index (χ3v) is 4.97. The van der Waals surface area contributed by atoms with Gasteiger partial charge in [-0.15, -0.1) is 0 Å². The van der Waals surface area contributed by atoms with Crippen LogP contribution >= 0.6 is 0 Å². The van der Waals surface area contributed by atoms with Crippen LogP contribution in [0.1, 0.15) is 41.2 Å². The van der Waals surface area contributed by atoms with Crippen LogP contribution in [0, 0.1) is 19.7 Å². The van der Waals surface area contributed by atoms with Crippen LogP contribution < -0.4 is 4.74 Å². The van der Waals surface area contributed by atoms with Crippen LogP contribution in [0.4, 0.5) is 4.39 Å². The molecule has 0 saturated carbocycles. The standard InChI is InChI=1S/C26H27FO2/c1-5-12-29-26-17(2)13-22(14-18(26)3)21-8-11-25(19(4)28)23(16-21)15-20-6-9-24(27)10-7-20/h6-11,13-14,16,28H,4-5,12,15H2,1-3H3. The van der Waals surface area contributed by atoms with Crippen molar-refractivity contribution in [3.05, 3.63) is 94.8 Å². The van der Waals surface area contributed by atoms with E-state index in [-0.39, 0.29) is 11.6 Å². The van der Waals surface area contributed by atoms with E-state index < -0.39 is 0 Å². The normalized spacial score (nSPS) is 10.8. The lowest BCUT2D eigenvalue weighted by Gasteiger charge is -2.15. The minimum Gasteiger partial charge on any atom is -0.508 e. The van der Waals surface area contributed by atoms with Gasteiger partial charge < -0.3 is 9.84 Å². The highest BCUT2D eigenvalue weighted by atomic mass is 19.1. The number of hydrogen-bond donors (Lipinski definition) is 1. The summed E-state index contributed by atoms with van der Waals surface area (Å²) in [7, 11) is 0. The van der Waals surface area contributed by atoms with Crippen molar-refractivity contribution >= 4 is 5.76 Å². The topological polar surface area (TPSA) is 29.5 Å². The predicted molar refractivity (Wildman–Crippen MR) is 118 cm³/mol. The number of hydrogen-bond acceptors (Lipinski definition) is 2. The van der Waals surface area contributed by atoms with Crippen molar-refractivity contribution in [2.45, 2.75) is 33.6 Å². The Morgan fingerprint density at radius 3 is 2.21 bits per heavy atom. The van der Waals surface area contributed by atoms with Gasteiger partial charge in [0.05, 0.1) is 6.61 Å². The second-order valence-corrected chi connectivity index (χ2v) is 7.41. The number of aliphatic hydroxyl groups excluding tert-OH is 1. The Bertz CT molecular complexity index is 996. The molecule has 0 fully saturated rings. The van der Waals surface area contributed by atoms with Crippen LogP contribution in [-0.4, -0.2) is 11.7 Å². The number of halogens is 1. The van der Waals surface area contributed by atoms with Crippen molar-refractivity contribution in [3.8, 4) is 16.9 Å². The summed E-state index contributed by atoms with van der Waals surface area (Å²) in [5, 5.41) is 10.0. The van der Waals surface area contributed by atoms with Gasteiger partial charge >= 0.3 is 0 Å². The average molecular weight is 390 g/mol. The van der Waals surface area contributed by atoms with E-state index in [2.05, 4.69) is 45.5 Å². The van der Waals surface area contributed by atoms with Gasteiger partial charge in [0.15, 0.2) is 0 Å². The fraction of sp³-hybridized carbons (Fsp3) is 0.231. The Morgan fingerprint density at radius 2 is 1.62 bits per heavy atom. The zero-order chi connectivity index (χ0) is 21.0. The average Bonchev–Trinajstić information content (AvgIpc) is 2.69. The molecule has 0 amide bonds. The highest BCUT2D eigenvalue weighted by molar-refractivity contribution is 5.72. The molecule has 2 nitrogen and oxygen atoms in total. The summed E-state index contributed by atoms with van der Waals surface area (Å²) in [5.74, 6) is 0.720. The number of ether oxygens (including phenoxy) is 1. The van der Waals surface area contributed by atoms with E-state index in [9.17, 15) is 9.50 Å². The molecule has 29 heavy (non-hydrogen) atoms. The maximum absolute atomic E-state index is 13.2. The van der Waals surface area contributed by atoms with Gasteiger partial charge in [-0.05, 0) is 84.3 Å². The molecule has 3 aromatic carbocycles. The molecule has 0 saturated heterocycles. The van der Waals surface area contributed by atoms with Gasteiger partial charge in [0.1, 0.15) is 17.3 Å². The van der Waals surface area contributed by atoms with Crippen molar-refractivity contribution in [2.75, 3.05) is 6.61 Å². The first kappa shape index (κ1) is 20.7. The van der Waals surface area contributed by atoms with Crippen molar-refractivity contribution < 1.29 is 14.2 Å². The fourth-order valence-corrected chi connectivity index (χ4v) is 3.57. The monoisotopic (exact) mass is 390 g/mol. The second-order valence-electron chi connectivity index (χ2n) is 7.41. The lowest BCUT2D eigenvalue weighted by Crippen LogP contribution is -2.00. The van der Waals surface area contributed by atoms with Crippen molar-refractivity contribution in [3.63, 3.8) is 0 Å². The lowest BCUT2D eigenvalue weighted by molar-refractivity contribution is 0.313. The van der Waals surface area contributed by atoms with E-state index in [0.717, 1.165) is 45.6 Å². The van der Waals surface area contributed by atoms with Gasteiger partial charge in [0.25, 0.3) is 0 Å². The van der Waals surface area contributed by atoms with Crippen LogP contribution in [0.2, 0.25) is 0 Å². The van der Waals surface area contributed by atoms with E-state index in [0.29, 0.717) is 18.6 Å². The molecule has 0 aromatic heterocycles. The third-order valence-electron chi connectivity index (χ3n) is 4.97. The molecule has 1 N–H and O–H groups in total. The quantitative estimate of drug-likeness (QED) is 0.439. The SMILES string of the molecule is C=C(O)c1ccc(-c2cc(C)c(OCCC)c(C)c2)cc1Cc1ccc(F)cc1. The van der Waals surface area contributed by atoms with E-state index in [4.69, 9.17) is 4.74 Å². The molecule has 3 rings (SSSR count). The molecule has 0 heterocycles. The lowest BCUT2D eigenvalue weighted by atomic mass is 9.93. The van der Waals surface area contributed by atoms with E-state index in [1.165, 1.54) is 12.1 Å². The van der Waals surface area contributed by atoms with E-state index in [1.54, 1.807) is 12.1 Å². The Hall–Kier alpha value is -3.07. The Labute approximate surface area is 172 Å². The fourth-order valence-electron chi connectivity index (χ4n) is 3.57. The molecular formula is C26H27FO2. The summed E-state index contributed by atoms with van der Waals surface area (Å²) < 4.78 is 19.1. The molecule has 0 atom stereocenters. The highest BCUT2D eigenvalue weighted by Crippen LogP contribution is 2.32. The zero-order valence-corrected chi connectivity index (χ0v) is 17.3. The number of aliphatic hydroxyl groups is 1. The number of rotatable bonds is 7. The molecule has 0 spiro atoms. The minimum absolute atomic E-state index is 0.0318. The summed E-state index contributed by atoms with van der Waals surface area (Å²) in [6, 6.07) is 16.6. The highest BCUT2D eigenvalue weighted by Gasteiger charge is 2.12. The van der Waals surface area contributed by atoms with E-state index in [1.807, 2.05) is 12.1 Å². The first-order chi connectivity index (χ1) is 13.9. The van der Waals surface area contributed by atoms with Gasteiger partial charge in [-0.25, -0.2) is 4.39 Å². The molecule has 150 valence electrons. The van der Waals surface area contributed by atoms with E-state index >= 15 is 0 Å². The maximum atomic E-state index is 13.2. The number of benzene rings is 3. The van der Waals surface area contributed by atoms with Gasteiger partial charge in [0.2, 0.25) is 0 Å². The van der Waals surface area contributed by atoms with Crippen LogP contribution in [0.15, 0.2) is 61.2 Å². The first-order valence-corrected chi connectivity index (χ1v) is 9.89. The Balaban J connectivity index is 2.00. The first-order valence-electron chi connectivity index (χ1n) is 9.89. The molecule has 0 aliphatic carbocycles. The molecule has 0 radical (unpaired) electrons. The Morgan fingerprint density at radius 1 is 0.966 bits per heavy atom. The largest absolute Gasteiger partial charge is 0.508 e. The van der Waals surface area contributed by atoms with Gasteiger partial charge in [-0.2, -0.15) is 0 Å². The zero-order valence-electron chi connectivity index (χ0n) is 17.3. The van der Waals surface area contributed by atoms with Crippen molar-refractivity contribution in [1.29, 1.82) is 0 Å². The summed E-state index contributed by atoms with van der Waals surface area (Å²) in [5.41, 5.74) is 6.98. The van der Waals surface area contributed by atoms with Crippen molar-refractivity contribution in [2.24, 2.45) is 0 Å². The third kappa shape index (κ3) is 4.86. The second kappa shape index (κ2) is 8.95. The molecule has 0 bridgehead atoms. The van der Waals surface area contributed by atoms with Crippen molar-refractivity contribution in [1.82, 2.24) is 0 Å². The molecular weight excluding hydrogens is 363 g/mol. The van der Waals surface area contributed by atoms with Crippen LogP contribution in [0.5, 0.6) is 5.75 Å². The van der Waals surface area contributed by atoms with Crippen LogP contribution in [-0.2, 0) is 6.42 Å². The minimum atomic E-state index is -0.259. The van der Waals surface area contributed by atoms with Gasteiger partial charge in [-0.3, -0.25) is 0 Å². The predicted octanol–water partition coefficient (Wildman–Crippen LogP) is 7.02. The van der Waals surface area contributed by atoms with Gasteiger partial charge in [0, 0.05) is 5.56 Å². The van der Waals surface area contributed by atoms with Gasteiger partial charge in [-0.1, -0.05) is 43.8 Å². The summed E-state index contributed by atoms with van der Waals surface area (Å²) >= 11 is 0. The summed E-state index contributed by atoms with van der Waals surface area (Å²) in [6.07, 6.45) is 1.55. The molecule has 3 heteroatoms. The number of aryl methyl sites for hydroxylation is 2. The molecule has 0 unspecified atom stereocenters. The van der Waals surface area contributed by atoms with Crippen LogP contribution in [0.25, 0.3) is 16.9 Å². The smallest absolute Gasteiger partial charge is 0.125 e. The maximum Gasteiger partial charge on any atom is 0.125 e. The molecule has 3 aromatic rings. The summed E-state index contributed by atoms with van der Waals surface area (Å²) in [4.78, 5) is 0. The Kier molecular flexibility index (Phi) is 6.38. The molecule has 0 aliphatic rings.